The molecule has 118 valence electrons. The number of furan rings is 1. The Morgan fingerprint density at radius 3 is 2.91 bits per heavy atom. The van der Waals surface area contributed by atoms with Crippen LogP contribution in [0.1, 0.15) is 34.9 Å². The lowest BCUT2D eigenvalue weighted by Gasteiger charge is -2.31. The van der Waals surface area contributed by atoms with Crippen LogP contribution in [0.5, 0.6) is 0 Å². The molecular formula is C15H20N4O3. The van der Waals surface area contributed by atoms with Crippen LogP contribution in [-0.2, 0) is 6.54 Å². The van der Waals surface area contributed by atoms with E-state index in [-0.39, 0.29) is 5.91 Å². The summed E-state index contributed by atoms with van der Waals surface area (Å²) >= 11 is 0. The Labute approximate surface area is 128 Å². The quantitative estimate of drug-likeness (QED) is 0.903. The highest BCUT2D eigenvalue weighted by Gasteiger charge is 2.21. The van der Waals surface area contributed by atoms with E-state index in [1.807, 2.05) is 0 Å². The maximum Gasteiger partial charge on any atom is 0.254 e. The minimum absolute atomic E-state index is 0.0709. The molecule has 7 nitrogen and oxygen atoms in total. The molecule has 1 saturated heterocycles. The second-order valence-electron chi connectivity index (χ2n) is 5.67. The Morgan fingerprint density at radius 1 is 1.45 bits per heavy atom. The smallest absolute Gasteiger partial charge is 0.254 e. The van der Waals surface area contributed by atoms with Gasteiger partial charge < -0.3 is 14.3 Å². The molecule has 7 heteroatoms. The van der Waals surface area contributed by atoms with Gasteiger partial charge in [0.2, 0.25) is 5.89 Å². The van der Waals surface area contributed by atoms with E-state index < -0.39 is 0 Å². The molecule has 1 fully saturated rings. The molecule has 0 spiro atoms. The Bertz CT molecular complexity index is 600. The summed E-state index contributed by atoms with van der Waals surface area (Å²) in [6.45, 7) is 5.20. The second kappa shape index (κ2) is 6.74. The standard InChI is InChI=1S/C15H20N4O3/c1-11-17-14(18-22-11)9-19-5-2-12(3-6-19)8-16-15(20)13-4-7-21-10-13/h4,7,10,12H,2-3,5-6,8-9H2,1H3,(H,16,20). The molecule has 22 heavy (non-hydrogen) atoms. The monoisotopic (exact) mass is 304 g/mol. The van der Waals surface area contributed by atoms with Crippen LogP contribution in [0.25, 0.3) is 0 Å². The summed E-state index contributed by atoms with van der Waals surface area (Å²) in [5.74, 6) is 1.79. The van der Waals surface area contributed by atoms with Gasteiger partial charge in [0.15, 0.2) is 5.82 Å². The van der Waals surface area contributed by atoms with Crippen molar-refractivity contribution in [2.45, 2.75) is 26.3 Å². The average molecular weight is 304 g/mol. The summed E-state index contributed by atoms with van der Waals surface area (Å²) in [6.07, 6.45) is 5.09. The summed E-state index contributed by atoms with van der Waals surface area (Å²) in [5.41, 5.74) is 0.574. The Kier molecular flexibility index (Phi) is 4.53. The molecule has 1 N–H and O–H groups in total. The number of piperidine rings is 1. The number of hydrogen-bond acceptors (Lipinski definition) is 6. The molecule has 0 atom stereocenters. The highest BCUT2D eigenvalue weighted by molar-refractivity contribution is 5.93. The van der Waals surface area contributed by atoms with Crippen LogP contribution in [0.4, 0.5) is 0 Å². The molecule has 0 bridgehead atoms. The van der Waals surface area contributed by atoms with Crippen LogP contribution in [0, 0.1) is 12.8 Å². The lowest BCUT2D eigenvalue weighted by molar-refractivity contribution is 0.0934. The van der Waals surface area contributed by atoms with Gasteiger partial charge in [-0.05, 0) is 37.9 Å². The maximum absolute atomic E-state index is 11.8. The van der Waals surface area contributed by atoms with E-state index in [0.29, 0.717) is 23.9 Å². The molecule has 0 saturated carbocycles. The van der Waals surface area contributed by atoms with E-state index >= 15 is 0 Å². The van der Waals surface area contributed by atoms with Gasteiger partial charge in [0, 0.05) is 13.5 Å². The SMILES string of the molecule is Cc1nc(CN2CCC(CNC(=O)c3ccoc3)CC2)no1. The molecule has 0 radical (unpaired) electrons. The van der Waals surface area contributed by atoms with Crippen molar-refractivity contribution in [2.75, 3.05) is 19.6 Å². The minimum atomic E-state index is -0.0709. The number of nitrogens with one attached hydrogen (secondary N) is 1. The van der Waals surface area contributed by atoms with Gasteiger partial charge in [-0.3, -0.25) is 9.69 Å². The van der Waals surface area contributed by atoms with E-state index in [1.54, 1.807) is 13.0 Å². The Morgan fingerprint density at radius 2 is 2.27 bits per heavy atom. The molecule has 0 aromatic carbocycles. The van der Waals surface area contributed by atoms with Crippen molar-refractivity contribution >= 4 is 5.91 Å². The van der Waals surface area contributed by atoms with Gasteiger partial charge in [-0.15, -0.1) is 0 Å². The average Bonchev–Trinajstić information content (AvgIpc) is 3.18. The van der Waals surface area contributed by atoms with Crippen molar-refractivity contribution in [1.82, 2.24) is 20.4 Å². The van der Waals surface area contributed by atoms with Crippen molar-refractivity contribution in [3.8, 4) is 0 Å². The Hall–Kier alpha value is -2.15. The maximum atomic E-state index is 11.8. The third-order valence-electron chi connectivity index (χ3n) is 3.98. The number of likely N-dealkylation sites (tertiary alicyclic amines) is 1. The van der Waals surface area contributed by atoms with Gasteiger partial charge in [0.05, 0.1) is 18.4 Å². The highest BCUT2D eigenvalue weighted by Crippen LogP contribution is 2.18. The molecule has 2 aromatic rings. The number of rotatable bonds is 5. The van der Waals surface area contributed by atoms with Crippen molar-refractivity contribution < 1.29 is 13.7 Å². The normalized spacial score (nSPS) is 16.8. The number of hydrogen-bond donors (Lipinski definition) is 1. The lowest BCUT2D eigenvalue weighted by atomic mass is 9.96. The van der Waals surface area contributed by atoms with Crippen molar-refractivity contribution in [2.24, 2.45) is 5.92 Å². The molecular weight excluding hydrogens is 284 g/mol. The fourth-order valence-electron chi connectivity index (χ4n) is 2.69. The first-order chi connectivity index (χ1) is 10.7. The van der Waals surface area contributed by atoms with Crippen LogP contribution >= 0.6 is 0 Å². The molecule has 3 rings (SSSR count). The fourth-order valence-corrected chi connectivity index (χ4v) is 2.69. The fraction of sp³-hybridized carbons (Fsp3) is 0.533. The first-order valence-electron chi connectivity index (χ1n) is 7.52. The molecule has 1 aliphatic rings. The van der Waals surface area contributed by atoms with Crippen molar-refractivity contribution in [3.05, 3.63) is 35.9 Å². The minimum Gasteiger partial charge on any atom is -0.472 e. The molecule has 1 amide bonds. The van der Waals surface area contributed by atoms with E-state index in [1.165, 1.54) is 12.5 Å². The molecule has 3 heterocycles. The second-order valence-corrected chi connectivity index (χ2v) is 5.67. The number of carbonyl (C=O) groups is 1. The summed E-state index contributed by atoms with van der Waals surface area (Å²) in [5, 5.41) is 6.89. The van der Waals surface area contributed by atoms with Crippen molar-refractivity contribution in [1.29, 1.82) is 0 Å². The van der Waals surface area contributed by atoms with E-state index in [0.717, 1.165) is 38.3 Å². The van der Waals surface area contributed by atoms with Gasteiger partial charge in [-0.2, -0.15) is 4.98 Å². The molecule has 0 unspecified atom stereocenters. The van der Waals surface area contributed by atoms with E-state index in [2.05, 4.69) is 20.4 Å². The number of aryl methyl sites for hydroxylation is 1. The van der Waals surface area contributed by atoms with Gasteiger partial charge in [0.25, 0.3) is 5.91 Å². The number of aromatic nitrogens is 2. The summed E-state index contributed by atoms with van der Waals surface area (Å²) in [7, 11) is 0. The van der Waals surface area contributed by atoms with E-state index in [4.69, 9.17) is 8.94 Å². The summed E-state index contributed by atoms with van der Waals surface area (Å²) < 4.78 is 9.90. The van der Waals surface area contributed by atoms with Crippen molar-refractivity contribution in [3.63, 3.8) is 0 Å². The van der Waals surface area contributed by atoms with Crippen LogP contribution in [0.15, 0.2) is 27.5 Å². The third kappa shape index (κ3) is 3.73. The largest absolute Gasteiger partial charge is 0.472 e. The van der Waals surface area contributed by atoms with Crippen LogP contribution in [-0.4, -0.2) is 40.6 Å². The predicted molar refractivity (Wildman–Crippen MR) is 78.1 cm³/mol. The number of amides is 1. The van der Waals surface area contributed by atoms with E-state index in [9.17, 15) is 4.79 Å². The Balaban J connectivity index is 1.39. The number of carbonyl (C=O) groups excluding carboxylic acids is 1. The zero-order valence-corrected chi connectivity index (χ0v) is 12.6. The first kappa shape index (κ1) is 14.8. The molecule has 0 aliphatic carbocycles. The van der Waals surface area contributed by atoms with Crippen LogP contribution in [0.3, 0.4) is 0 Å². The lowest BCUT2D eigenvalue weighted by Crippen LogP contribution is -2.38. The van der Waals surface area contributed by atoms with Gasteiger partial charge >= 0.3 is 0 Å². The predicted octanol–water partition coefficient (Wildman–Crippen LogP) is 1.61. The first-order valence-corrected chi connectivity index (χ1v) is 7.52. The molecule has 2 aromatic heterocycles. The zero-order chi connectivity index (χ0) is 15.4. The highest BCUT2D eigenvalue weighted by atomic mass is 16.5. The summed E-state index contributed by atoms with van der Waals surface area (Å²) in [4.78, 5) is 18.4. The van der Waals surface area contributed by atoms with Crippen LogP contribution < -0.4 is 5.32 Å². The van der Waals surface area contributed by atoms with Gasteiger partial charge in [0.1, 0.15) is 6.26 Å². The molecule has 1 aliphatic heterocycles. The van der Waals surface area contributed by atoms with Crippen LogP contribution in [0.2, 0.25) is 0 Å². The zero-order valence-electron chi connectivity index (χ0n) is 12.6. The summed E-state index contributed by atoms with van der Waals surface area (Å²) in [6, 6.07) is 1.67. The number of nitrogens with zero attached hydrogens (tertiary/aromatic N) is 3. The third-order valence-corrected chi connectivity index (χ3v) is 3.98. The van der Waals surface area contributed by atoms with Gasteiger partial charge in [-0.25, -0.2) is 0 Å². The topological polar surface area (TPSA) is 84.4 Å². The van der Waals surface area contributed by atoms with Gasteiger partial charge in [-0.1, -0.05) is 5.16 Å².